The molecule has 1 heterocycles. The van der Waals surface area contributed by atoms with Gasteiger partial charge in [-0.05, 0) is 25.1 Å². The summed E-state index contributed by atoms with van der Waals surface area (Å²) in [4.78, 5) is 26.0. The highest BCUT2D eigenvalue weighted by atomic mass is 79.9. The molecule has 1 aromatic rings. The van der Waals surface area contributed by atoms with Gasteiger partial charge in [-0.15, -0.1) is 0 Å². The van der Waals surface area contributed by atoms with Crippen LogP contribution in [0.25, 0.3) is 0 Å². The predicted octanol–water partition coefficient (Wildman–Crippen LogP) is 1.14. The third-order valence-corrected chi connectivity index (χ3v) is 3.81. The molecule has 2 N–H and O–H groups in total. The fraction of sp³-hybridized carbons (Fsp3) is 0.429. The molecule has 1 aliphatic rings. The monoisotopic (exact) mass is 357 g/mol. The Kier molecular flexibility index (Phi) is 5.30. The lowest BCUT2D eigenvalue weighted by molar-refractivity contribution is -0.126. The molecule has 2 amide bonds. The lowest BCUT2D eigenvalue weighted by atomic mass is 10.1. The summed E-state index contributed by atoms with van der Waals surface area (Å²) in [6, 6.07) is 3.67. The Bertz CT molecular complexity index is 553. The zero-order valence-corrected chi connectivity index (χ0v) is 13.2. The Morgan fingerprint density at radius 1 is 1.52 bits per heavy atom. The van der Waals surface area contributed by atoms with Crippen LogP contribution in [0.2, 0.25) is 0 Å². The van der Waals surface area contributed by atoms with Crippen molar-refractivity contribution in [2.24, 2.45) is 0 Å². The van der Waals surface area contributed by atoms with Crippen LogP contribution in [0.5, 0.6) is 0 Å². The average Bonchev–Trinajstić information content (AvgIpc) is 2.47. The summed E-state index contributed by atoms with van der Waals surface area (Å²) in [6.07, 6.45) is 0. The van der Waals surface area contributed by atoms with E-state index in [1.807, 2.05) is 6.92 Å². The fourth-order valence-electron chi connectivity index (χ4n) is 2.29. The number of halogens is 2. The average molecular weight is 358 g/mol. The van der Waals surface area contributed by atoms with Crippen molar-refractivity contribution in [2.45, 2.75) is 13.0 Å². The molecular weight excluding hydrogens is 341 g/mol. The maximum atomic E-state index is 13.9. The number of nitrogens with zero attached hydrogens (tertiary/aromatic N) is 1. The van der Waals surface area contributed by atoms with Gasteiger partial charge in [0.1, 0.15) is 11.9 Å². The number of amides is 2. The first-order valence-electron chi connectivity index (χ1n) is 6.79. The second-order valence-electron chi connectivity index (χ2n) is 4.74. The van der Waals surface area contributed by atoms with E-state index in [0.29, 0.717) is 30.7 Å². The summed E-state index contributed by atoms with van der Waals surface area (Å²) in [5.41, 5.74) is -0.0191. The third-order valence-electron chi connectivity index (χ3n) is 3.32. The van der Waals surface area contributed by atoms with Crippen molar-refractivity contribution in [1.82, 2.24) is 15.5 Å². The molecule has 0 aromatic heterocycles. The van der Waals surface area contributed by atoms with Crippen LogP contribution >= 0.6 is 15.9 Å². The van der Waals surface area contributed by atoms with Crippen LogP contribution in [0.15, 0.2) is 22.7 Å². The number of nitrogens with one attached hydrogen (secondary N) is 2. The first-order chi connectivity index (χ1) is 10.0. The number of likely N-dealkylation sites (N-methyl/N-ethyl adjacent to an activating group) is 1. The fourth-order valence-corrected chi connectivity index (χ4v) is 2.62. The van der Waals surface area contributed by atoms with Gasteiger partial charge in [0.25, 0.3) is 5.91 Å². The van der Waals surface area contributed by atoms with E-state index >= 15 is 0 Å². The van der Waals surface area contributed by atoms with Crippen molar-refractivity contribution in [3.63, 3.8) is 0 Å². The summed E-state index contributed by atoms with van der Waals surface area (Å²) in [5, 5.41) is 5.78. The van der Waals surface area contributed by atoms with E-state index in [2.05, 4.69) is 26.6 Å². The third kappa shape index (κ3) is 3.59. The molecule has 1 aliphatic heterocycles. The van der Waals surface area contributed by atoms with E-state index in [-0.39, 0.29) is 11.5 Å². The van der Waals surface area contributed by atoms with Gasteiger partial charge in [-0.25, -0.2) is 4.39 Å². The van der Waals surface area contributed by atoms with Crippen molar-refractivity contribution >= 4 is 27.7 Å². The lowest BCUT2D eigenvalue weighted by Gasteiger charge is -2.35. The molecule has 0 saturated carbocycles. The van der Waals surface area contributed by atoms with Crippen LogP contribution in [-0.2, 0) is 4.79 Å². The normalized spacial score (nSPS) is 18.4. The van der Waals surface area contributed by atoms with Gasteiger partial charge in [-0.1, -0.05) is 15.9 Å². The molecule has 2 rings (SSSR count). The summed E-state index contributed by atoms with van der Waals surface area (Å²) in [6.45, 7) is 3.63. The van der Waals surface area contributed by atoms with Gasteiger partial charge in [0, 0.05) is 30.7 Å². The minimum Gasteiger partial charge on any atom is -0.355 e. The zero-order chi connectivity index (χ0) is 15.4. The molecule has 7 heteroatoms. The molecule has 1 atom stereocenters. The number of hydrogen-bond donors (Lipinski definition) is 2. The van der Waals surface area contributed by atoms with Gasteiger partial charge in [-0.2, -0.15) is 0 Å². The predicted molar refractivity (Wildman–Crippen MR) is 80.5 cm³/mol. The highest BCUT2D eigenvalue weighted by molar-refractivity contribution is 9.10. The molecule has 1 aromatic carbocycles. The zero-order valence-electron chi connectivity index (χ0n) is 11.7. The quantitative estimate of drug-likeness (QED) is 0.852. The summed E-state index contributed by atoms with van der Waals surface area (Å²) >= 11 is 3.16. The molecule has 0 aliphatic carbocycles. The first kappa shape index (κ1) is 15.9. The minimum absolute atomic E-state index is 0.0191. The largest absolute Gasteiger partial charge is 0.355 e. The van der Waals surface area contributed by atoms with Crippen molar-refractivity contribution in [2.75, 3.05) is 26.2 Å². The second-order valence-corrected chi connectivity index (χ2v) is 5.65. The van der Waals surface area contributed by atoms with Gasteiger partial charge in [0.05, 0.1) is 5.56 Å². The van der Waals surface area contributed by atoms with Crippen LogP contribution in [0.3, 0.4) is 0 Å². The molecule has 0 radical (unpaired) electrons. The van der Waals surface area contributed by atoms with E-state index < -0.39 is 17.8 Å². The number of carbonyl (C=O) groups is 2. The molecule has 0 spiro atoms. The van der Waals surface area contributed by atoms with E-state index in [1.54, 1.807) is 6.07 Å². The van der Waals surface area contributed by atoms with Crippen LogP contribution < -0.4 is 10.6 Å². The van der Waals surface area contributed by atoms with E-state index in [0.717, 1.165) is 0 Å². The molecular formula is C14H17BrFN3O2. The molecule has 21 heavy (non-hydrogen) atoms. The molecule has 5 nitrogen and oxygen atoms in total. The molecule has 1 unspecified atom stereocenters. The molecule has 114 valence electrons. The Hall–Kier alpha value is -1.47. The van der Waals surface area contributed by atoms with Gasteiger partial charge in [0.2, 0.25) is 5.91 Å². The van der Waals surface area contributed by atoms with Crippen LogP contribution in [0.4, 0.5) is 4.39 Å². The molecule has 1 saturated heterocycles. The highest BCUT2D eigenvalue weighted by Gasteiger charge is 2.33. The van der Waals surface area contributed by atoms with Gasteiger partial charge >= 0.3 is 0 Å². The number of piperazine rings is 1. The lowest BCUT2D eigenvalue weighted by Crippen LogP contribution is -2.59. The number of rotatable bonds is 3. The van der Waals surface area contributed by atoms with Gasteiger partial charge < -0.3 is 15.5 Å². The summed E-state index contributed by atoms with van der Waals surface area (Å²) in [7, 11) is 0. The SMILES string of the molecule is CCNC(=O)C1CNCCN1C(=O)c1ccc(Br)cc1F. The van der Waals surface area contributed by atoms with Gasteiger partial charge in [-0.3, -0.25) is 9.59 Å². The van der Waals surface area contributed by atoms with Crippen molar-refractivity contribution in [3.8, 4) is 0 Å². The number of carbonyl (C=O) groups excluding carboxylic acids is 2. The maximum absolute atomic E-state index is 13.9. The standard InChI is InChI=1S/C14H17BrFN3O2/c1-2-18-13(20)12-8-17-5-6-19(12)14(21)10-4-3-9(15)7-11(10)16/h3-4,7,12,17H,2,5-6,8H2,1H3,(H,18,20). The highest BCUT2D eigenvalue weighted by Crippen LogP contribution is 2.18. The summed E-state index contributed by atoms with van der Waals surface area (Å²) in [5.74, 6) is -1.28. The number of hydrogen-bond acceptors (Lipinski definition) is 3. The Labute approximate surface area is 131 Å². The van der Waals surface area contributed by atoms with Gasteiger partial charge in [0.15, 0.2) is 0 Å². The van der Waals surface area contributed by atoms with Crippen molar-refractivity contribution in [1.29, 1.82) is 0 Å². The molecule has 1 fully saturated rings. The minimum atomic E-state index is -0.616. The Morgan fingerprint density at radius 2 is 2.29 bits per heavy atom. The Morgan fingerprint density at radius 3 is 2.95 bits per heavy atom. The Balaban J connectivity index is 2.24. The van der Waals surface area contributed by atoms with Crippen molar-refractivity contribution in [3.05, 3.63) is 34.1 Å². The maximum Gasteiger partial charge on any atom is 0.257 e. The number of benzene rings is 1. The topological polar surface area (TPSA) is 61.4 Å². The van der Waals surface area contributed by atoms with E-state index in [1.165, 1.54) is 17.0 Å². The smallest absolute Gasteiger partial charge is 0.257 e. The van der Waals surface area contributed by atoms with E-state index in [9.17, 15) is 14.0 Å². The summed E-state index contributed by atoms with van der Waals surface area (Å²) < 4.78 is 14.5. The van der Waals surface area contributed by atoms with Crippen LogP contribution in [0.1, 0.15) is 17.3 Å². The van der Waals surface area contributed by atoms with E-state index in [4.69, 9.17) is 0 Å². The first-order valence-corrected chi connectivity index (χ1v) is 7.58. The van der Waals surface area contributed by atoms with Crippen molar-refractivity contribution < 1.29 is 14.0 Å². The van der Waals surface area contributed by atoms with Crippen LogP contribution in [0, 0.1) is 5.82 Å². The second kappa shape index (κ2) is 7.00. The molecule has 0 bridgehead atoms. The van der Waals surface area contributed by atoms with Crippen LogP contribution in [-0.4, -0.2) is 48.9 Å².